The summed E-state index contributed by atoms with van der Waals surface area (Å²) in [6, 6.07) is -0.384. The fourth-order valence-corrected chi connectivity index (χ4v) is 5.52. The van der Waals surface area contributed by atoms with Crippen LogP contribution in [-0.2, 0) is 16.4 Å². The summed E-state index contributed by atoms with van der Waals surface area (Å²) in [4.78, 5) is 9.30. The smallest absolute Gasteiger partial charge is 0.248 e. The predicted octanol–water partition coefficient (Wildman–Crippen LogP) is 3.16. The van der Waals surface area contributed by atoms with Crippen molar-refractivity contribution >= 4 is 44.3 Å². The monoisotopic (exact) mass is 351 g/mol. The van der Waals surface area contributed by atoms with Crippen LogP contribution in [0, 0.1) is 6.92 Å². The summed E-state index contributed by atoms with van der Waals surface area (Å²) in [6.07, 6.45) is 2.67. The van der Waals surface area contributed by atoms with Gasteiger partial charge in [-0.2, -0.15) is 0 Å². The number of hydrogen-bond donors (Lipinski definition) is 1. The van der Waals surface area contributed by atoms with E-state index in [2.05, 4.69) is 14.7 Å². The summed E-state index contributed by atoms with van der Waals surface area (Å²) >= 11 is 8.22. The van der Waals surface area contributed by atoms with Gasteiger partial charge in [0, 0.05) is 11.1 Å². The Morgan fingerprint density at radius 2 is 2.15 bits per heavy atom. The van der Waals surface area contributed by atoms with Crippen LogP contribution in [-0.4, -0.2) is 18.4 Å². The number of nitrogens with zero attached hydrogens (tertiary/aromatic N) is 2. The summed E-state index contributed by atoms with van der Waals surface area (Å²) in [5.41, 5.74) is 0.410. The van der Waals surface area contributed by atoms with Gasteiger partial charge in [0.05, 0.1) is 11.7 Å². The van der Waals surface area contributed by atoms with E-state index in [-0.39, 0.29) is 14.7 Å². The Morgan fingerprint density at radius 1 is 1.45 bits per heavy atom. The lowest BCUT2D eigenvalue weighted by molar-refractivity contribution is 0.567. The van der Waals surface area contributed by atoms with Crippen LogP contribution in [0.4, 0.5) is 0 Å². The van der Waals surface area contributed by atoms with Gasteiger partial charge in [0.15, 0.2) is 8.68 Å². The molecule has 110 valence electrons. The minimum atomic E-state index is -3.63. The first kappa shape index (κ1) is 15.8. The molecule has 1 unspecified atom stereocenters. The van der Waals surface area contributed by atoms with Crippen LogP contribution in [0.3, 0.4) is 0 Å². The number of aromatic nitrogens is 2. The molecule has 9 heteroatoms. The molecule has 0 saturated heterocycles. The van der Waals surface area contributed by atoms with E-state index in [1.54, 1.807) is 20.0 Å². The minimum absolute atomic E-state index is 0.154. The second-order valence-corrected chi connectivity index (χ2v) is 8.84. The van der Waals surface area contributed by atoms with Crippen molar-refractivity contribution in [3.8, 4) is 0 Å². The summed E-state index contributed by atoms with van der Waals surface area (Å²) < 4.78 is 27.6. The van der Waals surface area contributed by atoms with Crippen LogP contribution in [0.25, 0.3) is 0 Å². The number of rotatable bonds is 5. The van der Waals surface area contributed by atoms with Crippen molar-refractivity contribution in [3.63, 3.8) is 0 Å². The third-order valence-electron chi connectivity index (χ3n) is 2.59. The molecule has 0 spiro atoms. The first-order valence-electron chi connectivity index (χ1n) is 5.93. The average Bonchev–Trinajstić information content (AvgIpc) is 2.95. The molecule has 2 rings (SSSR count). The van der Waals surface area contributed by atoms with Gasteiger partial charge in [-0.05, 0) is 20.3 Å². The van der Waals surface area contributed by atoms with Crippen LogP contribution in [0.2, 0.25) is 4.47 Å². The molecular formula is C11H14ClN3O2S3. The zero-order valence-electron chi connectivity index (χ0n) is 11.2. The van der Waals surface area contributed by atoms with Crippen LogP contribution in [0.1, 0.15) is 35.5 Å². The van der Waals surface area contributed by atoms with E-state index in [1.807, 2.05) is 6.92 Å². The van der Waals surface area contributed by atoms with Crippen LogP contribution in [0.5, 0.6) is 0 Å². The standard InChI is InChI=1S/C11H14ClN3O2S3/c1-4-8-5-13-9(18-8)6(2)15-20(16,17)10-7(3)14-11(12)19-10/h5-6,15H,4H2,1-3H3. The molecule has 0 aliphatic rings. The second-order valence-electron chi connectivity index (χ2n) is 4.20. The topological polar surface area (TPSA) is 72.0 Å². The van der Waals surface area contributed by atoms with Gasteiger partial charge in [0.25, 0.3) is 10.0 Å². The van der Waals surface area contributed by atoms with E-state index in [4.69, 9.17) is 11.6 Å². The molecule has 1 atom stereocenters. The Balaban J connectivity index is 2.21. The third kappa shape index (κ3) is 3.37. The Kier molecular flexibility index (Phi) is 4.80. The van der Waals surface area contributed by atoms with Gasteiger partial charge in [0.1, 0.15) is 5.01 Å². The van der Waals surface area contributed by atoms with E-state index in [9.17, 15) is 8.42 Å². The lowest BCUT2D eigenvalue weighted by Gasteiger charge is -2.10. The molecule has 0 amide bonds. The molecule has 2 aromatic rings. The van der Waals surface area contributed by atoms with Gasteiger partial charge >= 0.3 is 0 Å². The normalized spacial score (nSPS) is 13.6. The van der Waals surface area contributed by atoms with E-state index in [1.165, 1.54) is 11.3 Å². The van der Waals surface area contributed by atoms with Crippen molar-refractivity contribution in [3.05, 3.63) is 26.2 Å². The van der Waals surface area contributed by atoms with Crippen molar-refractivity contribution in [2.75, 3.05) is 0 Å². The van der Waals surface area contributed by atoms with Crippen molar-refractivity contribution in [2.24, 2.45) is 0 Å². The summed E-state index contributed by atoms with van der Waals surface area (Å²) in [7, 11) is -3.63. The highest BCUT2D eigenvalue weighted by Gasteiger charge is 2.25. The van der Waals surface area contributed by atoms with E-state index in [0.717, 1.165) is 27.6 Å². The Morgan fingerprint density at radius 3 is 2.65 bits per heavy atom. The van der Waals surface area contributed by atoms with Gasteiger partial charge in [-0.25, -0.2) is 23.1 Å². The molecule has 1 N–H and O–H groups in total. The number of thiazole rings is 2. The van der Waals surface area contributed by atoms with E-state index in [0.29, 0.717) is 5.69 Å². The van der Waals surface area contributed by atoms with Gasteiger partial charge in [0.2, 0.25) is 0 Å². The van der Waals surface area contributed by atoms with Crippen molar-refractivity contribution in [1.82, 2.24) is 14.7 Å². The molecule has 2 heterocycles. The van der Waals surface area contributed by atoms with Crippen molar-refractivity contribution < 1.29 is 8.42 Å². The first-order valence-corrected chi connectivity index (χ1v) is 9.42. The fourth-order valence-electron chi connectivity index (χ4n) is 1.62. The number of halogens is 1. The van der Waals surface area contributed by atoms with Crippen molar-refractivity contribution in [2.45, 2.75) is 37.4 Å². The summed E-state index contributed by atoms with van der Waals surface area (Å²) in [6.45, 7) is 5.43. The molecule has 0 aliphatic carbocycles. The molecule has 0 fully saturated rings. The van der Waals surface area contributed by atoms with Gasteiger partial charge < -0.3 is 0 Å². The number of aryl methyl sites for hydroxylation is 2. The van der Waals surface area contributed by atoms with Crippen LogP contribution in [0.15, 0.2) is 10.4 Å². The quantitative estimate of drug-likeness (QED) is 0.898. The highest BCUT2D eigenvalue weighted by molar-refractivity contribution is 7.91. The summed E-state index contributed by atoms with van der Waals surface area (Å²) in [5, 5.41) is 0.749. The first-order chi connectivity index (χ1) is 9.33. The maximum atomic E-state index is 12.3. The maximum Gasteiger partial charge on any atom is 0.252 e. The van der Waals surface area contributed by atoms with E-state index < -0.39 is 10.0 Å². The molecule has 2 aromatic heterocycles. The molecule has 0 radical (unpaired) electrons. The number of nitrogens with one attached hydrogen (secondary N) is 1. The van der Waals surface area contributed by atoms with Crippen molar-refractivity contribution in [1.29, 1.82) is 0 Å². The highest BCUT2D eigenvalue weighted by Crippen LogP contribution is 2.28. The average molecular weight is 352 g/mol. The van der Waals surface area contributed by atoms with Gasteiger partial charge in [-0.1, -0.05) is 29.9 Å². The molecule has 0 aromatic carbocycles. The number of hydrogen-bond acceptors (Lipinski definition) is 6. The largest absolute Gasteiger partial charge is 0.252 e. The Hall–Kier alpha value is -0.540. The second kappa shape index (κ2) is 6.07. The molecule has 0 bridgehead atoms. The maximum absolute atomic E-state index is 12.3. The zero-order chi connectivity index (χ0) is 14.9. The third-order valence-corrected chi connectivity index (χ3v) is 7.33. The fraction of sp³-hybridized carbons (Fsp3) is 0.455. The zero-order valence-corrected chi connectivity index (χ0v) is 14.4. The van der Waals surface area contributed by atoms with Gasteiger partial charge in [-0.3, -0.25) is 0 Å². The molecular weight excluding hydrogens is 338 g/mol. The Labute approximate surface area is 131 Å². The lowest BCUT2D eigenvalue weighted by atomic mass is 10.4. The molecule has 0 aliphatic heterocycles. The van der Waals surface area contributed by atoms with Crippen LogP contribution >= 0.6 is 34.3 Å². The lowest BCUT2D eigenvalue weighted by Crippen LogP contribution is -2.26. The SMILES string of the molecule is CCc1cnc(C(C)NS(=O)(=O)c2sc(Cl)nc2C)s1. The van der Waals surface area contributed by atoms with Crippen LogP contribution < -0.4 is 4.72 Å². The van der Waals surface area contributed by atoms with E-state index >= 15 is 0 Å². The summed E-state index contributed by atoms with van der Waals surface area (Å²) in [5.74, 6) is 0. The number of sulfonamides is 1. The highest BCUT2D eigenvalue weighted by atomic mass is 35.5. The predicted molar refractivity (Wildman–Crippen MR) is 82.1 cm³/mol. The Bertz CT molecular complexity index is 708. The van der Waals surface area contributed by atoms with Gasteiger partial charge in [-0.15, -0.1) is 11.3 Å². The molecule has 0 saturated carbocycles. The molecule has 5 nitrogen and oxygen atoms in total. The minimum Gasteiger partial charge on any atom is -0.248 e. The molecule has 20 heavy (non-hydrogen) atoms.